The first-order valence-corrected chi connectivity index (χ1v) is 8.48. The molecule has 0 unspecified atom stereocenters. The van der Waals surface area contributed by atoms with E-state index >= 15 is 0 Å². The third-order valence-electron chi connectivity index (χ3n) is 4.78. The van der Waals surface area contributed by atoms with E-state index in [2.05, 4.69) is 11.5 Å². The van der Waals surface area contributed by atoms with Gasteiger partial charge >= 0.3 is 65.3 Å². The quantitative estimate of drug-likeness (QED) is 0.201. The number of nitrogens with two attached hydrogens (primary N) is 2. The second-order valence-electron chi connectivity index (χ2n) is 8.09. The van der Waals surface area contributed by atoms with E-state index in [9.17, 15) is 96.6 Å². The zero-order chi connectivity index (χ0) is 32.0. The van der Waals surface area contributed by atoms with Crippen LogP contribution in [-0.4, -0.2) is 70.8 Å². The Balaban J connectivity index is 7.29. The summed E-state index contributed by atoms with van der Waals surface area (Å²) in [4.78, 5) is 0. The van der Waals surface area contributed by atoms with Gasteiger partial charge in [-0.15, -0.1) is 0 Å². The molecule has 4 N–H and O–H groups in total. The lowest BCUT2D eigenvalue weighted by molar-refractivity contribution is -0.475. The molecule has 24 heteroatoms. The third kappa shape index (κ3) is 4.04. The van der Waals surface area contributed by atoms with Crippen molar-refractivity contribution in [3.8, 4) is 0 Å². The summed E-state index contributed by atoms with van der Waals surface area (Å²) in [5, 5.41) is 0. The van der Waals surface area contributed by atoms with Crippen molar-refractivity contribution in [3.63, 3.8) is 0 Å². The Kier molecular flexibility index (Phi) is 8.08. The molecule has 0 atom stereocenters. The minimum absolute atomic E-state index is 0.383. The largest absolute Gasteiger partial charge is 0.392 e. The Bertz CT molecular complexity index is 803. The van der Waals surface area contributed by atoms with E-state index < -0.39 is 70.8 Å². The van der Waals surface area contributed by atoms with E-state index in [1.165, 1.54) is 0 Å². The number of hydrogen-bond donors (Lipinski definition) is 2. The van der Waals surface area contributed by atoms with Gasteiger partial charge in [0.1, 0.15) is 0 Å². The molecule has 0 aliphatic carbocycles. The third-order valence-corrected chi connectivity index (χ3v) is 4.78. The summed E-state index contributed by atoms with van der Waals surface area (Å²) in [6.45, 7) is -0.766. The van der Waals surface area contributed by atoms with Crippen LogP contribution in [0.5, 0.6) is 0 Å². The molecule has 230 valence electrons. The van der Waals surface area contributed by atoms with Crippen molar-refractivity contribution in [2.24, 2.45) is 11.5 Å². The summed E-state index contributed by atoms with van der Waals surface area (Å²) in [6.07, 6.45) is 0. The van der Waals surface area contributed by atoms with E-state index in [0.29, 0.717) is 0 Å². The lowest BCUT2D eigenvalue weighted by Gasteiger charge is -2.46. The second kappa shape index (κ2) is 8.44. The maximum Gasteiger partial charge on any atom is 0.392 e. The molecule has 0 aromatic heterocycles. The fourth-order valence-corrected chi connectivity index (χ4v) is 2.19. The van der Waals surface area contributed by atoms with Crippen molar-refractivity contribution >= 4 is 0 Å². The Labute approximate surface area is 194 Å². The monoisotopic (exact) mass is 624 g/mol. The van der Waals surface area contributed by atoms with E-state index in [0.717, 1.165) is 0 Å². The molecular weight excluding hydrogens is 614 g/mol. The standard InChI is InChI=1S/C14H10F22N2/c1-3(2,37)4(15,16)5(17,18)6(19,20)7(21,22)8(23,24)9(25,26)10(27,28)11(29,30)12(31,32)13(33,34)14(35,36)38/h37-38H2,1-2H3. The van der Waals surface area contributed by atoms with Gasteiger partial charge in [-0.3, -0.25) is 5.73 Å². The average Bonchev–Trinajstić information content (AvgIpc) is 2.64. The maximum atomic E-state index is 13.6. The van der Waals surface area contributed by atoms with Crippen molar-refractivity contribution in [3.05, 3.63) is 0 Å². The fraction of sp³-hybridized carbons (Fsp3) is 1.00. The highest BCUT2D eigenvalue weighted by Crippen LogP contribution is 2.67. The summed E-state index contributed by atoms with van der Waals surface area (Å²) < 4.78 is 294. The molecule has 0 heterocycles. The Morgan fingerprint density at radius 1 is 0.263 bits per heavy atom. The van der Waals surface area contributed by atoms with Gasteiger partial charge in [-0.05, 0) is 13.8 Å². The van der Waals surface area contributed by atoms with E-state index in [4.69, 9.17) is 0 Å². The van der Waals surface area contributed by atoms with Crippen LogP contribution in [0.4, 0.5) is 96.6 Å². The van der Waals surface area contributed by atoms with Crippen LogP contribution >= 0.6 is 0 Å². The molecule has 2 nitrogen and oxygen atoms in total. The molecule has 0 saturated heterocycles. The highest BCUT2D eigenvalue weighted by atomic mass is 19.4. The average molecular weight is 624 g/mol. The van der Waals surface area contributed by atoms with Crippen molar-refractivity contribution < 1.29 is 96.6 Å². The first-order valence-electron chi connectivity index (χ1n) is 8.48. The number of hydrogen-bond acceptors (Lipinski definition) is 2. The van der Waals surface area contributed by atoms with E-state index in [1.54, 1.807) is 0 Å². The van der Waals surface area contributed by atoms with Crippen LogP contribution in [0.15, 0.2) is 0 Å². The minimum Gasteiger partial charge on any atom is -0.320 e. The minimum atomic E-state index is -9.32. The van der Waals surface area contributed by atoms with E-state index in [1.807, 2.05) is 0 Å². The van der Waals surface area contributed by atoms with Gasteiger partial charge in [0.05, 0.1) is 5.54 Å². The smallest absolute Gasteiger partial charge is 0.320 e. The van der Waals surface area contributed by atoms with Crippen molar-refractivity contribution in [2.75, 3.05) is 0 Å². The van der Waals surface area contributed by atoms with Gasteiger partial charge in [-0.1, -0.05) is 0 Å². The molecule has 0 saturated carbocycles. The molecule has 0 aromatic carbocycles. The van der Waals surface area contributed by atoms with Gasteiger partial charge < -0.3 is 5.73 Å². The molecule has 0 spiro atoms. The maximum absolute atomic E-state index is 13.6. The van der Waals surface area contributed by atoms with Crippen molar-refractivity contribution in [2.45, 2.75) is 84.7 Å². The molecule has 0 aliphatic rings. The van der Waals surface area contributed by atoms with Crippen LogP contribution in [0.1, 0.15) is 13.8 Å². The van der Waals surface area contributed by atoms with Gasteiger partial charge in [0, 0.05) is 0 Å². The lowest BCUT2D eigenvalue weighted by Crippen LogP contribution is -2.79. The van der Waals surface area contributed by atoms with Crippen LogP contribution in [0, 0.1) is 0 Å². The van der Waals surface area contributed by atoms with Gasteiger partial charge in [-0.25, -0.2) is 0 Å². The molecular formula is C14H10F22N2. The molecule has 38 heavy (non-hydrogen) atoms. The summed E-state index contributed by atoms with van der Waals surface area (Å²) in [5.41, 5.74) is 3.16. The summed E-state index contributed by atoms with van der Waals surface area (Å²) in [5.74, 6) is -86.5. The highest BCUT2D eigenvalue weighted by Gasteiger charge is 2.98. The van der Waals surface area contributed by atoms with Crippen LogP contribution in [0.2, 0.25) is 0 Å². The van der Waals surface area contributed by atoms with Gasteiger partial charge in [-0.2, -0.15) is 96.6 Å². The molecule has 0 bridgehead atoms. The zero-order valence-corrected chi connectivity index (χ0v) is 17.5. The van der Waals surface area contributed by atoms with Crippen molar-refractivity contribution in [1.82, 2.24) is 0 Å². The first kappa shape index (κ1) is 36.4. The van der Waals surface area contributed by atoms with E-state index in [-0.39, 0.29) is 13.8 Å². The SMILES string of the molecule is CC(C)(N)C(F)(F)C(F)(F)C(F)(F)C(F)(F)C(F)(F)C(F)(F)C(F)(F)C(F)(F)C(F)(F)C(F)(F)C(N)(F)F. The second-order valence-corrected chi connectivity index (χ2v) is 8.09. The molecule has 0 aliphatic heterocycles. The Morgan fingerprint density at radius 2 is 0.395 bits per heavy atom. The molecule has 0 amide bonds. The summed E-state index contributed by atoms with van der Waals surface area (Å²) in [6, 6.07) is -7.09. The van der Waals surface area contributed by atoms with Crippen molar-refractivity contribution in [1.29, 1.82) is 0 Å². The first-order chi connectivity index (χ1) is 15.8. The number of rotatable bonds is 11. The predicted molar refractivity (Wildman–Crippen MR) is 76.9 cm³/mol. The number of halogens is 22. The van der Waals surface area contributed by atoms with Gasteiger partial charge in [0.2, 0.25) is 0 Å². The highest BCUT2D eigenvalue weighted by molar-refractivity contribution is 5.20. The lowest BCUT2D eigenvalue weighted by atomic mass is 9.82. The molecule has 0 rings (SSSR count). The Morgan fingerprint density at radius 3 is 0.526 bits per heavy atom. The molecule has 0 aromatic rings. The summed E-state index contributed by atoms with van der Waals surface area (Å²) >= 11 is 0. The van der Waals surface area contributed by atoms with Crippen LogP contribution < -0.4 is 11.5 Å². The summed E-state index contributed by atoms with van der Waals surface area (Å²) in [7, 11) is 0. The van der Waals surface area contributed by atoms with Gasteiger partial charge in [0.25, 0.3) is 0 Å². The van der Waals surface area contributed by atoms with Crippen LogP contribution in [-0.2, 0) is 0 Å². The molecule has 0 radical (unpaired) electrons. The van der Waals surface area contributed by atoms with Gasteiger partial charge in [0.15, 0.2) is 0 Å². The fourth-order valence-electron chi connectivity index (χ4n) is 2.19. The number of alkyl halides is 22. The van der Waals surface area contributed by atoms with Crippen LogP contribution in [0.3, 0.4) is 0 Å². The molecule has 0 fully saturated rings. The topological polar surface area (TPSA) is 52.0 Å². The Hall–Kier alpha value is -1.62. The predicted octanol–water partition coefficient (Wildman–Crippen LogP) is 6.63. The van der Waals surface area contributed by atoms with Crippen LogP contribution in [0.25, 0.3) is 0 Å². The zero-order valence-electron chi connectivity index (χ0n) is 17.5. The normalized spacial score (nSPS) is 17.2.